The third-order valence-corrected chi connectivity index (χ3v) is 4.73. The van der Waals surface area contributed by atoms with Crippen molar-refractivity contribution in [3.05, 3.63) is 65.0 Å². The van der Waals surface area contributed by atoms with Crippen LogP contribution >= 0.6 is 11.3 Å². The lowest BCUT2D eigenvalue weighted by Crippen LogP contribution is -2.13. The van der Waals surface area contributed by atoms with Crippen molar-refractivity contribution in [3.8, 4) is 16.2 Å². The first-order valence-corrected chi connectivity index (χ1v) is 8.30. The van der Waals surface area contributed by atoms with Crippen molar-refractivity contribution in [3.63, 3.8) is 0 Å². The number of benzene rings is 2. The molecule has 0 aliphatic carbocycles. The summed E-state index contributed by atoms with van der Waals surface area (Å²) >= 11 is 1.71. The van der Waals surface area contributed by atoms with Gasteiger partial charge in [0.25, 0.3) is 5.91 Å². The van der Waals surface area contributed by atoms with Gasteiger partial charge in [0.15, 0.2) is 0 Å². The summed E-state index contributed by atoms with van der Waals surface area (Å²) in [5.41, 5.74) is 8.74. The summed E-state index contributed by atoms with van der Waals surface area (Å²) in [6, 6.07) is 16.8. The van der Waals surface area contributed by atoms with Gasteiger partial charge in [-0.3, -0.25) is 4.79 Å². The molecule has 4 nitrogen and oxygen atoms in total. The molecule has 24 heavy (non-hydrogen) atoms. The van der Waals surface area contributed by atoms with Gasteiger partial charge in [-0.2, -0.15) is 0 Å². The van der Waals surface area contributed by atoms with E-state index < -0.39 is 0 Å². The molecule has 2 aromatic carbocycles. The number of ether oxygens (including phenoxy) is 1. The van der Waals surface area contributed by atoms with E-state index in [1.807, 2.05) is 18.2 Å². The molecule has 3 rings (SSSR count). The van der Waals surface area contributed by atoms with Gasteiger partial charge < -0.3 is 15.8 Å². The Hall–Kier alpha value is -2.79. The van der Waals surface area contributed by atoms with Crippen molar-refractivity contribution in [2.75, 3.05) is 18.2 Å². The second-order valence-corrected chi connectivity index (χ2v) is 6.68. The Kier molecular flexibility index (Phi) is 4.53. The summed E-state index contributed by atoms with van der Waals surface area (Å²) in [7, 11) is 1.59. The van der Waals surface area contributed by atoms with Gasteiger partial charge in [-0.05, 0) is 61.0 Å². The van der Waals surface area contributed by atoms with Gasteiger partial charge in [0.2, 0.25) is 0 Å². The van der Waals surface area contributed by atoms with Gasteiger partial charge >= 0.3 is 0 Å². The van der Waals surface area contributed by atoms with Crippen molar-refractivity contribution < 1.29 is 9.53 Å². The highest BCUT2D eigenvalue weighted by atomic mass is 32.1. The van der Waals surface area contributed by atoms with E-state index in [0.717, 1.165) is 10.4 Å². The molecule has 5 heteroatoms. The number of aryl methyl sites for hydroxylation is 1. The molecule has 0 bridgehead atoms. The second kappa shape index (κ2) is 6.76. The number of carbonyl (C=O) groups excluding carboxylic acids is 1. The zero-order valence-electron chi connectivity index (χ0n) is 13.5. The van der Waals surface area contributed by atoms with Gasteiger partial charge in [0, 0.05) is 15.3 Å². The normalized spacial score (nSPS) is 10.4. The number of hydrogen-bond acceptors (Lipinski definition) is 4. The Bertz CT molecular complexity index is 869. The molecule has 3 N–H and O–H groups in total. The molecule has 1 amide bonds. The molecule has 0 aliphatic rings. The number of nitrogens with one attached hydrogen (secondary N) is 1. The lowest BCUT2D eigenvalue weighted by Gasteiger charge is -2.10. The van der Waals surface area contributed by atoms with Crippen molar-refractivity contribution >= 4 is 28.6 Å². The van der Waals surface area contributed by atoms with Crippen LogP contribution in [0, 0.1) is 6.92 Å². The van der Waals surface area contributed by atoms with Crippen molar-refractivity contribution in [1.82, 2.24) is 0 Å². The van der Waals surface area contributed by atoms with Gasteiger partial charge in [-0.25, -0.2) is 0 Å². The molecular formula is C19H18N2O2S. The van der Waals surface area contributed by atoms with Gasteiger partial charge in [-0.1, -0.05) is 6.07 Å². The van der Waals surface area contributed by atoms with E-state index in [2.05, 4.69) is 24.4 Å². The van der Waals surface area contributed by atoms with Crippen LogP contribution in [0.2, 0.25) is 0 Å². The highest BCUT2D eigenvalue weighted by Gasteiger charge is 2.10. The number of nitrogens with two attached hydrogens (primary N) is 1. The highest BCUT2D eigenvalue weighted by Crippen LogP contribution is 2.32. The van der Waals surface area contributed by atoms with Crippen LogP contribution in [0.4, 0.5) is 11.4 Å². The minimum Gasteiger partial charge on any atom is -0.497 e. The summed E-state index contributed by atoms with van der Waals surface area (Å²) in [5.74, 6) is 0.505. The van der Waals surface area contributed by atoms with Crippen molar-refractivity contribution in [2.45, 2.75) is 6.92 Å². The fourth-order valence-corrected chi connectivity index (χ4v) is 3.21. The molecule has 0 atom stereocenters. The van der Waals surface area contributed by atoms with Crippen LogP contribution < -0.4 is 15.8 Å². The predicted octanol–water partition coefficient (Wildman–Crippen LogP) is 4.57. The maximum Gasteiger partial charge on any atom is 0.255 e. The van der Waals surface area contributed by atoms with E-state index in [1.165, 1.54) is 4.88 Å². The van der Waals surface area contributed by atoms with Gasteiger partial charge in [0.05, 0.1) is 18.5 Å². The lowest BCUT2D eigenvalue weighted by atomic mass is 10.1. The average Bonchev–Trinajstić information content (AvgIpc) is 3.03. The summed E-state index contributed by atoms with van der Waals surface area (Å²) in [6.07, 6.45) is 0. The molecule has 0 saturated heterocycles. The maximum atomic E-state index is 12.4. The van der Waals surface area contributed by atoms with Crippen LogP contribution in [-0.4, -0.2) is 13.0 Å². The molecule has 1 aromatic heterocycles. The van der Waals surface area contributed by atoms with E-state index in [1.54, 1.807) is 42.7 Å². The molecule has 0 unspecified atom stereocenters. The Labute approximate surface area is 144 Å². The molecule has 0 spiro atoms. The van der Waals surface area contributed by atoms with Gasteiger partial charge in [0.1, 0.15) is 5.75 Å². The zero-order valence-corrected chi connectivity index (χ0v) is 14.3. The first kappa shape index (κ1) is 16.1. The molecule has 0 fully saturated rings. The van der Waals surface area contributed by atoms with E-state index in [0.29, 0.717) is 22.7 Å². The summed E-state index contributed by atoms with van der Waals surface area (Å²) < 4.78 is 5.10. The van der Waals surface area contributed by atoms with Crippen LogP contribution in [0.25, 0.3) is 10.4 Å². The van der Waals surface area contributed by atoms with Crippen LogP contribution in [0.5, 0.6) is 5.75 Å². The molecule has 122 valence electrons. The largest absolute Gasteiger partial charge is 0.497 e. The highest BCUT2D eigenvalue weighted by molar-refractivity contribution is 7.15. The van der Waals surface area contributed by atoms with E-state index in [-0.39, 0.29) is 5.91 Å². The number of carbonyl (C=O) groups is 1. The number of thiophene rings is 1. The number of rotatable bonds is 4. The third kappa shape index (κ3) is 3.41. The van der Waals surface area contributed by atoms with Crippen LogP contribution in [-0.2, 0) is 0 Å². The lowest BCUT2D eigenvalue weighted by molar-refractivity contribution is 0.102. The zero-order chi connectivity index (χ0) is 17.1. The average molecular weight is 338 g/mol. The van der Waals surface area contributed by atoms with Crippen molar-refractivity contribution in [2.24, 2.45) is 0 Å². The van der Waals surface area contributed by atoms with Crippen LogP contribution in [0.1, 0.15) is 15.2 Å². The SMILES string of the molecule is COc1ccc(C(=O)Nc2cc(-c3ccc(C)s3)ccc2N)cc1. The van der Waals surface area contributed by atoms with Crippen molar-refractivity contribution in [1.29, 1.82) is 0 Å². The Morgan fingerprint density at radius 2 is 1.83 bits per heavy atom. The first-order chi connectivity index (χ1) is 11.6. The summed E-state index contributed by atoms with van der Waals surface area (Å²) in [6.45, 7) is 2.07. The molecule has 0 radical (unpaired) electrons. The summed E-state index contributed by atoms with van der Waals surface area (Å²) in [5, 5.41) is 2.88. The molecule has 0 saturated carbocycles. The number of amides is 1. The predicted molar refractivity (Wildman–Crippen MR) is 99.9 cm³/mol. The Balaban J connectivity index is 1.84. The molecule has 1 heterocycles. The number of methoxy groups -OCH3 is 1. The quantitative estimate of drug-likeness (QED) is 0.685. The number of nitrogen functional groups attached to an aromatic ring is 1. The molecule has 0 aliphatic heterocycles. The topological polar surface area (TPSA) is 64.3 Å². The molecule has 3 aromatic rings. The smallest absolute Gasteiger partial charge is 0.255 e. The van der Waals surface area contributed by atoms with Crippen LogP contribution in [0.15, 0.2) is 54.6 Å². The molecular weight excluding hydrogens is 320 g/mol. The van der Waals surface area contributed by atoms with E-state index in [4.69, 9.17) is 10.5 Å². The summed E-state index contributed by atoms with van der Waals surface area (Å²) in [4.78, 5) is 14.8. The fourth-order valence-electron chi connectivity index (χ4n) is 2.34. The third-order valence-electron chi connectivity index (χ3n) is 3.68. The fraction of sp³-hybridized carbons (Fsp3) is 0.105. The second-order valence-electron chi connectivity index (χ2n) is 5.39. The number of hydrogen-bond donors (Lipinski definition) is 2. The number of anilines is 2. The van der Waals surface area contributed by atoms with E-state index in [9.17, 15) is 4.79 Å². The standard InChI is InChI=1S/C19H18N2O2S/c1-12-3-10-18(24-12)14-6-9-16(20)17(11-14)21-19(22)13-4-7-15(23-2)8-5-13/h3-11H,20H2,1-2H3,(H,21,22). The monoisotopic (exact) mass is 338 g/mol. The Morgan fingerprint density at radius 1 is 1.08 bits per heavy atom. The first-order valence-electron chi connectivity index (χ1n) is 7.48. The minimum absolute atomic E-state index is 0.205. The van der Waals surface area contributed by atoms with Crippen LogP contribution in [0.3, 0.4) is 0 Å². The van der Waals surface area contributed by atoms with Gasteiger partial charge in [-0.15, -0.1) is 11.3 Å². The maximum absolute atomic E-state index is 12.4. The van der Waals surface area contributed by atoms with E-state index >= 15 is 0 Å². The Morgan fingerprint density at radius 3 is 2.46 bits per heavy atom. The minimum atomic E-state index is -0.205.